The lowest BCUT2D eigenvalue weighted by molar-refractivity contribution is -0.249. The van der Waals surface area contributed by atoms with Gasteiger partial charge in [-0.25, -0.2) is 4.79 Å². The normalized spacial score (nSPS) is 33.3. The molecule has 0 radical (unpaired) electrons. The van der Waals surface area contributed by atoms with E-state index in [4.69, 9.17) is 14.2 Å². The van der Waals surface area contributed by atoms with Gasteiger partial charge in [0.05, 0.1) is 6.10 Å². The van der Waals surface area contributed by atoms with Gasteiger partial charge in [0.15, 0.2) is 5.82 Å². The Labute approximate surface area is 222 Å². The van der Waals surface area contributed by atoms with Crippen molar-refractivity contribution in [3.63, 3.8) is 0 Å². The van der Waals surface area contributed by atoms with E-state index in [1.54, 1.807) is 12.1 Å². The molecule has 4 saturated carbocycles. The van der Waals surface area contributed by atoms with Gasteiger partial charge in [-0.05, 0) is 57.3 Å². The first-order valence-corrected chi connectivity index (χ1v) is 13.2. The first-order valence-electron chi connectivity index (χ1n) is 13.2. The number of nitrogens with one attached hydrogen (secondary N) is 3. The first kappa shape index (κ1) is 26.1. The van der Waals surface area contributed by atoms with Gasteiger partial charge in [-0.15, -0.1) is 0 Å². The minimum Gasteiger partial charge on any atom is -0.475 e. The molecule has 0 amide bonds. The molecule has 2 aromatic heterocycles. The number of anilines is 3. The second kappa shape index (κ2) is 9.81. The van der Waals surface area contributed by atoms with E-state index in [0.29, 0.717) is 43.6 Å². The number of nitrogens with zero attached hydrogens (tertiary/aromatic N) is 3. The fourth-order valence-corrected chi connectivity index (χ4v) is 6.86. The summed E-state index contributed by atoms with van der Waals surface area (Å²) in [6.45, 7) is 2.87. The third-order valence-electron chi connectivity index (χ3n) is 8.25. The van der Waals surface area contributed by atoms with Crippen LogP contribution in [0.2, 0.25) is 0 Å². The van der Waals surface area contributed by atoms with Crippen molar-refractivity contribution >= 4 is 23.6 Å². The maximum Gasteiger partial charge on any atom is 0.490 e. The van der Waals surface area contributed by atoms with Gasteiger partial charge in [0.1, 0.15) is 24.1 Å². The highest BCUT2D eigenvalue weighted by atomic mass is 19.4. The molecule has 39 heavy (non-hydrogen) atoms. The molecule has 7 atom stereocenters. The molecular formula is C25H31F3N6O5. The molecule has 7 rings (SSSR count). The molecule has 4 bridgehead atoms. The van der Waals surface area contributed by atoms with E-state index in [0.717, 1.165) is 25.0 Å². The number of halogens is 3. The van der Waals surface area contributed by atoms with Crippen molar-refractivity contribution < 1.29 is 37.3 Å². The number of aromatic amines is 1. The number of aryl methyl sites for hydroxylation is 1. The molecule has 14 heteroatoms. The lowest BCUT2D eigenvalue weighted by atomic mass is 9.51. The summed E-state index contributed by atoms with van der Waals surface area (Å²) in [5, 5.41) is 24.7. The minimum atomic E-state index is -5.14. The predicted octanol–water partition coefficient (Wildman–Crippen LogP) is 3.25. The summed E-state index contributed by atoms with van der Waals surface area (Å²) in [5.41, 5.74) is -0.626. The third-order valence-corrected chi connectivity index (χ3v) is 8.25. The Kier molecular flexibility index (Phi) is 6.57. The van der Waals surface area contributed by atoms with Gasteiger partial charge in [0.2, 0.25) is 11.8 Å². The average Bonchev–Trinajstić information content (AvgIpc) is 3.52. The van der Waals surface area contributed by atoms with Crippen LogP contribution in [0.1, 0.15) is 44.2 Å². The number of carbonyl (C=O) groups excluding carboxylic acids is 1. The summed E-state index contributed by atoms with van der Waals surface area (Å²) in [6.07, 6.45) is -2.71. The molecule has 6 unspecified atom stereocenters. The Balaban J connectivity index is 1.25. The van der Waals surface area contributed by atoms with Crippen molar-refractivity contribution in [3.8, 4) is 5.88 Å². The maximum atomic E-state index is 13.1. The highest BCUT2D eigenvalue weighted by Crippen LogP contribution is 2.57. The summed E-state index contributed by atoms with van der Waals surface area (Å²) in [7, 11) is 0. The van der Waals surface area contributed by atoms with Crippen LogP contribution in [-0.4, -0.2) is 74.5 Å². The third kappa shape index (κ3) is 5.36. The Hall–Kier alpha value is -3.13. The molecule has 5 aliphatic rings. The molecular weight excluding hydrogens is 521 g/mol. The van der Waals surface area contributed by atoms with Crippen molar-refractivity contribution in [2.75, 3.05) is 23.8 Å². The monoisotopic (exact) mass is 552 g/mol. The van der Waals surface area contributed by atoms with E-state index >= 15 is 0 Å². The predicted molar refractivity (Wildman–Crippen MR) is 130 cm³/mol. The molecule has 4 aliphatic carbocycles. The Morgan fingerprint density at radius 1 is 1.26 bits per heavy atom. The van der Waals surface area contributed by atoms with Crippen molar-refractivity contribution in [3.05, 3.63) is 17.8 Å². The molecule has 3 heterocycles. The van der Waals surface area contributed by atoms with Crippen molar-refractivity contribution in [2.24, 2.45) is 17.8 Å². The summed E-state index contributed by atoms with van der Waals surface area (Å²) in [4.78, 5) is 20.8. The first-order chi connectivity index (χ1) is 18.6. The number of rotatable bonds is 8. The van der Waals surface area contributed by atoms with Crippen LogP contribution in [0.5, 0.6) is 5.88 Å². The molecule has 0 spiro atoms. The van der Waals surface area contributed by atoms with Crippen molar-refractivity contribution in [1.29, 1.82) is 0 Å². The van der Waals surface area contributed by atoms with Gasteiger partial charge in [0.25, 0.3) is 0 Å². The van der Waals surface area contributed by atoms with Gasteiger partial charge < -0.3 is 30.0 Å². The maximum absolute atomic E-state index is 13.1. The van der Waals surface area contributed by atoms with E-state index in [-0.39, 0.29) is 30.3 Å². The van der Waals surface area contributed by atoms with Gasteiger partial charge in [0, 0.05) is 36.4 Å². The minimum absolute atomic E-state index is 0.0315. The summed E-state index contributed by atoms with van der Waals surface area (Å²) in [6, 6.07) is 3.04. The smallest absolute Gasteiger partial charge is 0.475 e. The van der Waals surface area contributed by atoms with E-state index in [1.807, 2.05) is 6.92 Å². The zero-order valence-corrected chi connectivity index (χ0v) is 21.3. The standard InChI is InChI=1S/C25H31F3N6O5/c1-12-5-18(34-33-12)29-17-8-19(38-11-15-3-2-4-37-15)31-23(30-17)32-20-14-6-13-7-16(20)21(24(36,9-13)10-14)39-22(35)25(26,27)28/h5,8,13-16,20-21,36H,2-4,6-7,9-11H2,1H3,(H3,29,30,31,32,33,34)/t13?,14?,15-,16?,20?,21?,24?/m1/s1. The number of H-pyrrole nitrogens is 1. The van der Waals surface area contributed by atoms with Gasteiger partial charge in [-0.3, -0.25) is 5.10 Å². The molecule has 2 aromatic rings. The quantitative estimate of drug-likeness (QED) is 0.360. The molecule has 0 aromatic carbocycles. The van der Waals surface area contributed by atoms with Crippen molar-refractivity contribution in [2.45, 2.75) is 75.5 Å². The number of aliphatic hydroxyl groups is 1. The zero-order chi connectivity index (χ0) is 27.4. The molecule has 5 fully saturated rings. The molecule has 212 valence electrons. The van der Waals surface area contributed by atoms with Gasteiger partial charge >= 0.3 is 12.1 Å². The number of ether oxygens (including phenoxy) is 3. The van der Waals surface area contributed by atoms with E-state index < -0.39 is 35.8 Å². The average molecular weight is 553 g/mol. The molecule has 11 nitrogen and oxygen atoms in total. The van der Waals surface area contributed by atoms with Crippen LogP contribution in [0.25, 0.3) is 0 Å². The Bertz CT molecular complexity index is 1220. The highest BCUT2D eigenvalue weighted by molar-refractivity contribution is 5.76. The summed E-state index contributed by atoms with van der Waals surface area (Å²) in [5.74, 6) is -1.26. The fourth-order valence-electron chi connectivity index (χ4n) is 6.86. The Morgan fingerprint density at radius 2 is 2.10 bits per heavy atom. The number of carbonyl (C=O) groups is 1. The van der Waals surface area contributed by atoms with Crippen LogP contribution in [0.4, 0.5) is 30.8 Å². The lowest BCUT2D eigenvalue weighted by Crippen LogP contribution is -2.68. The molecule has 1 aliphatic heterocycles. The zero-order valence-electron chi connectivity index (χ0n) is 21.3. The fraction of sp³-hybridized carbons (Fsp3) is 0.680. The Morgan fingerprint density at radius 3 is 2.82 bits per heavy atom. The van der Waals surface area contributed by atoms with Gasteiger partial charge in [-0.1, -0.05) is 0 Å². The van der Waals surface area contributed by atoms with E-state index in [2.05, 4.69) is 30.8 Å². The largest absolute Gasteiger partial charge is 0.490 e. The summed E-state index contributed by atoms with van der Waals surface area (Å²) >= 11 is 0. The summed E-state index contributed by atoms with van der Waals surface area (Å²) < 4.78 is 55.7. The highest BCUT2D eigenvalue weighted by Gasteiger charge is 2.63. The topological polar surface area (TPSA) is 144 Å². The number of hydrogen-bond acceptors (Lipinski definition) is 10. The SMILES string of the molecule is Cc1cc(Nc2cc(OC[C@H]3CCCO3)nc(NC3C4CC5CC3C(OC(=O)C(F)(F)F)C(O)(C5)C4)n2)n[nH]1. The van der Waals surface area contributed by atoms with E-state index in [9.17, 15) is 23.1 Å². The number of alkyl halides is 3. The molecule has 1 saturated heterocycles. The number of aromatic nitrogens is 4. The van der Waals surface area contributed by atoms with Crippen LogP contribution < -0.4 is 15.4 Å². The van der Waals surface area contributed by atoms with Crippen molar-refractivity contribution in [1.82, 2.24) is 20.2 Å². The lowest BCUT2D eigenvalue weighted by Gasteiger charge is -2.61. The van der Waals surface area contributed by atoms with Crippen LogP contribution in [0.3, 0.4) is 0 Å². The second-order valence-corrected chi connectivity index (χ2v) is 11.2. The number of hydrogen-bond donors (Lipinski definition) is 4. The second-order valence-electron chi connectivity index (χ2n) is 11.2. The van der Waals surface area contributed by atoms with E-state index in [1.165, 1.54) is 0 Å². The van der Waals surface area contributed by atoms with Crippen LogP contribution in [0.15, 0.2) is 12.1 Å². The van der Waals surface area contributed by atoms with Crippen LogP contribution in [0, 0.1) is 24.7 Å². The van der Waals surface area contributed by atoms with Crippen LogP contribution >= 0.6 is 0 Å². The van der Waals surface area contributed by atoms with Crippen LogP contribution in [-0.2, 0) is 14.3 Å². The molecule has 4 N–H and O–H groups in total. The van der Waals surface area contributed by atoms with Gasteiger partial charge in [-0.2, -0.15) is 28.2 Å². The number of esters is 1.